The minimum atomic E-state index is -4.43. The summed E-state index contributed by atoms with van der Waals surface area (Å²) in [5, 5.41) is 8.37. The number of rotatable bonds is 5. The smallest absolute Gasteiger partial charge is 0.253 e. The van der Waals surface area contributed by atoms with E-state index in [0.29, 0.717) is 15.6 Å². The lowest BCUT2D eigenvalue weighted by atomic mass is 10.1. The highest BCUT2D eigenvalue weighted by Crippen LogP contribution is 2.30. The van der Waals surface area contributed by atoms with E-state index in [2.05, 4.69) is 14.9 Å². The van der Waals surface area contributed by atoms with Gasteiger partial charge in [-0.15, -0.1) is 10.2 Å². The van der Waals surface area contributed by atoms with Crippen molar-refractivity contribution >= 4 is 38.1 Å². The summed E-state index contributed by atoms with van der Waals surface area (Å²) < 4.78 is 65.2. The van der Waals surface area contributed by atoms with Gasteiger partial charge in [0.15, 0.2) is 0 Å². The molecule has 3 aromatic rings. The van der Waals surface area contributed by atoms with Crippen LogP contribution in [0.5, 0.6) is 0 Å². The summed E-state index contributed by atoms with van der Waals surface area (Å²) in [7, 11) is -3.87. The van der Waals surface area contributed by atoms with Gasteiger partial charge in [0, 0.05) is 11.4 Å². The van der Waals surface area contributed by atoms with Crippen LogP contribution < -0.4 is 4.72 Å². The number of benzene rings is 2. The van der Waals surface area contributed by atoms with Crippen molar-refractivity contribution in [2.75, 3.05) is 4.72 Å². The maximum absolute atomic E-state index is 12.8. The molecule has 27 heavy (non-hydrogen) atoms. The number of hydrogen-bond donors (Lipinski definition) is 1. The van der Waals surface area contributed by atoms with Crippen molar-refractivity contribution in [2.24, 2.45) is 0 Å². The lowest BCUT2D eigenvalue weighted by Gasteiger charge is -2.07. The number of anilines is 1. The average molecular weight is 434 g/mol. The maximum atomic E-state index is 12.8. The van der Waals surface area contributed by atoms with E-state index >= 15 is 0 Å². The van der Waals surface area contributed by atoms with Crippen molar-refractivity contribution in [3.63, 3.8) is 0 Å². The largest absolute Gasteiger partial charge is 0.416 e. The summed E-state index contributed by atoms with van der Waals surface area (Å²) in [6.07, 6.45) is -4.33. The fraction of sp³-hybridized carbons (Fsp3) is 0.125. The van der Waals surface area contributed by atoms with Crippen LogP contribution in [0.2, 0.25) is 5.02 Å². The molecule has 0 fully saturated rings. The highest BCUT2D eigenvalue weighted by Gasteiger charge is 2.30. The standard InChI is InChI=1S/C16H11ClF3N3O2S2/c17-12-4-6-13(7-5-12)27(24,25)23-15-22-21-14(26-15)9-10-2-1-3-11(8-10)16(18,19)20/h1-8H,9H2,(H,22,23). The second-order valence-electron chi connectivity index (χ2n) is 5.44. The fourth-order valence-corrected chi connectivity index (χ4v) is 4.32. The van der Waals surface area contributed by atoms with E-state index < -0.39 is 21.8 Å². The van der Waals surface area contributed by atoms with Crippen LogP contribution in [0.25, 0.3) is 0 Å². The van der Waals surface area contributed by atoms with E-state index in [4.69, 9.17) is 11.6 Å². The van der Waals surface area contributed by atoms with E-state index in [9.17, 15) is 21.6 Å². The Bertz CT molecular complexity index is 1050. The Morgan fingerprint density at radius 2 is 1.78 bits per heavy atom. The molecule has 0 spiro atoms. The van der Waals surface area contributed by atoms with E-state index in [1.54, 1.807) is 0 Å². The molecule has 0 aliphatic carbocycles. The molecule has 11 heteroatoms. The van der Waals surface area contributed by atoms with Gasteiger partial charge in [0.05, 0.1) is 10.5 Å². The predicted molar refractivity (Wildman–Crippen MR) is 96.4 cm³/mol. The average Bonchev–Trinajstić information content (AvgIpc) is 3.01. The molecule has 1 heterocycles. The molecule has 0 aliphatic rings. The number of sulfonamides is 1. The van der Waals surface area contributed by atoms with Crippen molar-refractivity contribution < 1.29 is 21.6 Å². The van der Waals surface area contributed by atoms with E-state index in [0.717, 1.165) is 23.5 Å². The summed E-state index contributed by atoms with van der Waals surface area (Å²) in [4.78, 5) is 0.00142. The van der Waals surface area contributed by atoms with Crippen LogP contribution >= 0.6 is 22.9 Å². The van der Waals surface area contributed by atoms with Crippen LogP contribution in [0.15, 0.2) is 53.4 Å². The van der Waals surface area contributed by atoms with Gasteiger partial charge < -0.3 is 0 Å². The van der Waals surface area contributed by atoms with Crippen LogP contribution in [-0.2, 0) is 22.6 Å². The Balaban J connectivity index is 1.75. The van der Waals surface area contributed by atoms with Gasteiger partial charge in [-0.3, -0.25) is 4.72 Å². The summed E-state index contributed by atoms with van der Waals surface area (Å²) in [6.45, 7) is 0. The summed E-state index contributed by atoms with van der Waals surface area (Å²) in [5.74, 6) is 0. The number of hydrogen-bond acceptors (Lipinski definition) is 5. The molecule has 1 aromatic heterocycles. The molecule has 0 bridgehead atoms. The highest BCUT2D eigenvalue weighted by atomic mass is 35.5. The lowest BCUT2D eigenvalue weighted by Crippen LogP contribution is -2.12. The molecule has 0 radical (unpaired) electrons. The van der Waals surface area contributed by atoms with Gasteiger partial charge in [0.1, 0.15) is 5.01 Å². The Morgan fingerprint density at radius 3 is 2.44 bits per heavy atom. The first-order chi connectivity index (χ1) is 12.6. The van der Waals surface area contributed by atoms with Crippen LogP contribution in [0.3, 0.4) is 0 Å². The summed E-state index contributed by atoms with van der Waals surface area (Å²) >= 11 is 6.68. The zero-order chi connectivity index (χ0) is 19.7. The van der Waals surface area contributed by atoms with Gasteiger partial charge in [-0.2, -0.15) is 13.2 Å². The monoisotopic (exact) mass is 433 g/mol. The van der Waals surface area contributed by atoms with Crippen LogP contribution in [-0.4, -0.2) is 18.6 Å². The Labute approximate surface area is 161 Å². The molecule has 5 nitrogen and oxygen atoms in total. The van der Waals surface area contributed by atoms with Crippen LogP contribution in [0, 0.1) is 0 Å². The fourth-order valence-electron chi connectivity index (χ4n) is 2.19. The number of aromatic nitrogens is 2. The molecule has 2 aromatic carbocycles. The third-order valence-electron chi connectivity index (χ3n) is 3.42. The first-order valence-corrected chi connectivity index (χ1v) is 10.1. The predicted octanol–water partition coefficient (Wildman–Crippen LogP) is 4.60. The molecule has 142 valence electrons. The van der Waals surface area contributed by atoms with Crippen LogP contribution in [0.4, 0.5) is 18.3 Å². The zero-order valence-corrected chi connectivity index (χ0v) is 15.8. The SMILES string of the molecule is O=S(=O)(Nc1nnc(Cc2cccc(C(F)(F)F)c2)s1)c1ccc(Cl)cc1. The third-order valence-corrected chi connectivity index (χ3v) is 6.00. The minimum Gasteiger partial charge on any atom is -0.253 e. The molecule has 0 amide bonds. The second kappa shape index (κ2) is 7.45. The number of alkyl halides is 3. The molecule has 0 saturated carbocycles. The molecular formula is C16H11ClF3N3O2S2. The highest BCUT2D eigenvalue weighted by molar-refractivity contribution is 7.93. The molecule has 0 atom stereocenters. The van der Waals surface area contributed by atoms with Gasteiger partial charge in [-0.05, 0) is 35.9 Å². The van der Waals surface area contributed by atoms with Gasteiger partial charge in [-0.1, -0.05) is 41.1 Å². The van der Waals surface area contributed by atoms with E-state index in [-0.39, 0.29) is 16.4 Å². The van der Waals surface area contributed by atoms with Crippen LogP contribution in [0.1, 0.15) is 16.1 Å². The Hall–Kier alpha value is -2.17. The molecule has 3 rings (SSSR count). The summed E-state index contributed by atoms with van der Waals surface area (Å²) in [6, 6.07) is 10.4. The second-order valence-corrected chi connectivity index (χ2v) is 8.62. The first kappa shape index (κ1) is 19.6. The van der Waals surface area contributed by atoms with Gasteiger partial charge in [0.2, 0.25) is 5.13 Å². The van der Waals surface area contributed by atoms with Gasteiger partial charge >= 0.3 is 6.18 Å². The lowest BCUT2D eigenvalue weighted by molar-refractivity contribution is -0.137. The zero-order valence-electron chi connectivity index (χ0n) is 13.4. The molecule has 0 unspecified atom stereocenters. The maximum Gasteiger partial charge on any atom is 0.416 e. The third kappa shape index (κ3) is 4.96. The number of nitrogens with one attached hydrogen (secondary N) is 1. The normalized spacial score (nSPS) is 12.1. The van der Waals surface area contributed by atoms with Gasteiger partial charge in [-0.25, -0.2) is 8.42 Å². The number of nitrogens with zero attached hydrogens (tertiary/aromatic N) is 2. The minimum absolute atomic E-state index is 0.00142. The van der Waals surface area contributed by atoms with E-state index in [1.165, 1.54) is 36.4 Å². The van der Waals surface area contributed by atoms with Crippen molar-refractivity contribution in [1.82, 2.24) is 10.2 Å². The number of halogens is 4. The van der Waals surface area contributed by atoms with Crippen molar-refractivity contribution in [2.45, 2.75) is 17.5 Å². The van der Waals surface area contributed by atoms with E-state index in [1.807, 2.05) is 0 Å². The topological polar surface area (TPSA) is 72.0 Å². The quantitative estimate of drug-likeness (QED) is 0.638. The summed E-state index contributed by atoms with van der Waals surface area (Å²) in [5.41, 5.74) is -0.360. The Kier molecular flexibility index (Phi) is 5.41. The molecule has 0 saturated heterocycles. The molecule has 0 aliphatic heterocycles. The van der Waals surface area contributed by atoms with Crippen molar-refractivity contribution in [3.8, 4) is 0 Å². The molecular weight excluding hydrogens is 423 g/mol. The van der Waals surface area contributed by atoms with Crippen molar-refractivity contribution in [1.29, 1.82) is 0 Å². The molecule has 1 N–H and O–H groups in total. The van der Waals surface area contributed by atoms with Crippen molar-refractivity contribution in [3.05, 3.63) is 69.7 Å². The van der Waals surface area contributed by atoms with Gasteiger partial charge in [0.25, 0.3) is 10.0 Å². The first-order valence-electron chi connectivity index (χ1n) is 7.40. The Morgan fingerprint density at radius 1 is 1.07 bits per heavy atom.